The molecular formula is C17H21NO2. The highest BCUT2D eigenvalue weighted by Gasteiger charge is 2.06. The smallest absolute Gasteiger partial charge is 0.127 e. The molecule has 2 rings (SSSR count). The van der Waals surface area contributed by atoms with E-state index in [9.17, 15) is 0 Å². The fourth-order valence-corrected chi connectivity index (χ4v) is 1.94. The molecule has 0 aliphatic carbocycles. The second-order valence-electron chi connectivity index (χ2n) is 4.53. The number of nitrogens with one attached hydrogen (secondary N) is 1. The molecule has 0 radical (unpaired) electrons. The molecule has 0 saturated carbocycles. The second kappa shape index (κ2) is 7.56. The predicted molar refractivity (Wildman–Crippen MR) is 81.1 cm³/mol. The van der Waals surface area contributed by atoms with Gasteiger partial charge in [-0.05, 0) is 18.2 Å². The Morgan fingerprint density at radius 1 is 1.05 bits per heavy atom. The molecule has 0 unspecified atom stereocenters. The maximum Gasteiger partial charge on any atom is 0.127 e. The monoisotopic (exact) mass is 271 g/mol. The maximum absolute atomic E-state index is 5.94. The highest BCUT2D eigenvalue weighted by Crippen LogP contribution is 2.25. The van der Waals surface area contributed by atoms with E-state index >= 15 is 0 Å². The molecule has 0 bridgehead atoms. The highest BCUT2D eigenvalue weighted by molar-refractivity contribution is 5.41. The van der Waals surface area contributed by atoms with Crippen molar-refractivity contribution >= 4 is 0 Å². The van der Waals surface area contributed by atoms with Crippen LogP contribution in [0, 0.1) is 0 Å². The fourth-order valence-electron chi connectivity index (χ4n) is 1.94. The number of rotatable bonds is 7. The van der Waals surface area contributed by atoms with E-state index in [4.69, 9.17) is 9.47 Å². The third kappa shape index (κ3) is 4.00. The van der Waals surface area contributed by atoms with Crippen LogP contribution >= 0.6 is 0 Å². The molecule has 0 saturated heterocycles. The summed E-state index contributed by atoms with van der Waals surface area (Å²) >= 11 is 0. The van der Waals surface area contributed by atoms with Crippen molar-refractivity contribution < 1.29 is 9.47 Å². The molecular weight excluding hydrogens is 250 g/mol. The van der Waals surface area contributed by atoms with Crippen LogP contribution in [-0.2, 0) is 13.2 Å². The molecule has 0 amide bonds. The lowest BCUT2D eigenvalue weighted by Gasteiger charge is -2.13. The minimum atomic E-state index is 0.563. The van der Waals surface area contributed by atoms with Crippen LogP contribution in [-0.4, -0.2) is 13.7 Å². The first-order valence-corrected chi connectivity index (χ1v) is 6.88. The van der Waals surface area contributed by atoms with Crippen LogP contribution in [0.4, 0.5) is 0 Å². The van der Waals surface area contributed by atoms with E-state index in [2.05, 4.69) is 24.4 Å². The molecule has 1 N–H and O–H groups in total. The summed E-state index contributed by atoms with van der Waals surface area (Å²) in [6, 6.07) is 16.1. The molecule has 20 heavy (non-hydrogen) atoms. The van der Waals surface area contributed by atoms with Crippen LogP contribution in [0.3, 0.4) is 0 Å². The third-order valence-corrected chi connectivity index (χ3v) is 3.08. The Balaban J connectivity index is 2.10. The van der Waals surface area contributed by atoms with Crippen molar-refractivity contribution in [3.05, 3.63) is 59.7 Å². The molecule has 0 heterocycles. The van der Waals surface area contributed by atoms with Gasteiger partial charge in [-0.2, -0.15) is 0 Å². The van der Waals surface area contributed by atoms with E-state index < -0.39 is 0 Å². The zero-order valence-electron chi connectivity index (χ0n) is 12.1. The molecule has 2 aromatic rings. The molecule has 0 fully saturated rings. The van der Waals surface area contributed by atoms with Gasteiger partial charge in [0.15, 0.2) is 0 Å². The van der Waals surface area contributed by atoms with Gasteiger partial charge in [0.2, 0.25) is 0 Å². The third-order valence-electron chi connectivity index (χ3n) is 3.08. The van der Waals surface area contributed by atoms with Gasteiger partial charge in [-0.3, -0.25) is 0 Å². The SMILES string of the molecule is CCNCc1ccc(OC)cc1OCc1ccccc1. The van der Waals surface area contributed by atoms with Crippen molar-refractivity contribution in [2.24, 2.45) is 0 Å². The molecule has 0 aliphatic heterocycles. The van der Waals surface area contributed by atoms with Gasteiger partial charge in [0, 0.05) is 18.2 Å². The first-order valence-electron chi connectivity index (χ1n) is 6.88. The average Bonchev–Trinajstić information content (AvgIpc) is 2.52. The lowest BCUT2D eigenvalue weighted by Crippen LogP contribution is -2.13. The molecule has 0 atom stereocenters. The topological polar surface area (TPSA) is 30.5 Å². The number of methoxy groups -OCH3 is 1. The number of hydrogen-bond acceptors (Lipinski definition) is 3. The van der Waals surface area contributed by atoms with E-state index in [1.165, 1.54) is 0 Å². The Hall–Kier alpha value is -2.00. The quantitative estimate of drug-likeness (QED) is 0.837. The Bertz CT molecular complexity index is 526. The molecule has 0 aliphatic rings. The van der Waals surface area contributed by atoms with E-state index in [-0.39, 0.29) is 0 Å². The van der Waals surface area contributed by atoms with Gasteiger partial charge in [-0.25, -0.2) is 0 Å². The maximum atomic E-state index is 5.94. The summed E-state index contributed by atoms with van der Waals surface area (Å²) in [5.74, 6) is 1.68. The Morgan fingerprint density at radius 3 is 2.55 bits per heavy atom. The minimum Gasteiger partial charge on any atom is -0.497 e. The Labute approximate surface area is 120 Å². The first kappa shape index (κ1) is 14.4. The van der Waals surface area contributed by atoms with Gasteiger partial charge in [-0.15, -0.1) is 0 Å². The molecule has 0 aromatic heterocycles. The minimum absolute atomic E-state index is 0.563. The summed E-state index contributed by atoms with van der Waals surface area (Å²) in [6.07, 6.45) is 0. The van der Waals surface area contributed by atoms with Gasteiger partial charge in [0.25, 0.3) is 0 Å². The molecule has 106 valence electrons. The summed E-state index contributed by atoms with van der Waals surface area (Å²) in [5.41, 5.74) is 2.30. The predicted octanol–water partition coefficient (Wildman–Crippen LogP) is 3.38. The summed E-state index contributed by atoms with van der Waals surface area (Å²) in [6.45, 7) is 4.38. The van der Waals surface area contributed by atoms with E-state index in [0.29, 0.717) is 6.61 Å². The van der Waals surface area contributed by atoms with Crippen LogP contribution < -0.4 is 14.8 Å². The summed E-state index contributed by atoms with van der Waals surface area (Å²) in [7, 11) is 1.67. The average molecular weight is 271 g/mol. The van der Waals surface area contributed by atoms with Crippen molar-refractivity contribution in [1.29, 1.82) is 0 Å². The molecule has 0 spiro atoms. The zero-order chi connectivity index (χ0) is 14.2. The van der Waals surface area contributed by atoms with Crippen molar-refractivity contribution in [1.82, 2.24) is 5.32 Å². The van der Waals surface area contributed by atoms with E-state index in [1.54, 1.807) is 7.11 Å². The van der Waals surface area contributed by atoms with Gasteiger partial charge in [0.1, 0.15) is 18.1 Å². The largest absolute Gasteiger partial charge is 0.497 e. The van der Waals surface area contributed by atoms with Gasteiger partial charge in [-0.1, -0.05) is 43.3 Å². The lowest BCUT2D eigenvalue weighted by molar-refractivity contribution is 0.299. The van der Waals surface area contributed by atoms with Gasteiger partial charge >= 0.3 is 0 Å². The summed E-state index contributed by atoms with van der Waals surface area (Å²) in [4.78, 5) is 0. The summed E-state index contributed by atoms with van der Waals surface area (Å²) < 4.78 is 11.2. The molecule has 3 heteroatoms. The van der Waals surface area contributed by atoms with Crippen molar-refractivity contribution in [3.8, 4) is 11.5 Å². The lowest BCUT2D eigenvalue weighted by atomic mass is 10.2. The van der Waals surface area contributed by atoms with Gasteiger partial charge in [0.05, 0.1) is 7.11 Å². The van der Waals surface area contributed by atoms with Crippen LogP contribution in [0.1, 0.15) is 18.1 Å². The van der Waals surface area contributed by atoms with Crippen LogP contribution in [0.2, 0.25) is 0 Å². The number of benzene rings is 2. The van der Waals surface area contributed by atoms with Crippen molar-refractivity contribution in [2.45, 2.75) is 20.1 Å². The van der Waals surface area contributed by atoms with Gasteiger partial charge < -0.3 is 14.8 Å². The summed E-state index contributed by atoms with van der Waals surface area (Å²) in [5, 5.41) is 3.32. The standard InChI is InChI=1S/C17H21NO2/c1-3-18-12-15-9-10-16(19-2)11-17(15)20-13-14-7-5-4-6-8-14/h4-11,18H,3,12-13H2,1-2H3. The number of ether oxygens (including phenoxy) is 2. The Morgan fingerprint density at radius 2 is 1.85 bits per heavy atom. The Kier molecular flexibility index (Phi) is 5.44. The zero-order valence-corrected chi connectivity index (χ0v) is 12.1. The molecule has 2 aromatic carbocycles. The van der Waals surface area contributed by atoms with Crippen molar-refractivity contribution in [2.75, 3.05) is 13.7 Å². The first-order chi connectivity index (χ1) is 9.83. The highest BCUT2D eigenvalue weighted by atomic mass is 16.5. The van der Waals surface area contributed by atoms with E-state index in [1.807, 2.05) is 36.4 Å². The molecule has 3 nitrogen and oxygen atoms in total. The normalized spacial score (nSPS) is 10.3. The second-order valence-corrected chi connectivity index (χ2v) is 4.53. The van der Waals surface area contributed by atoms with Crippen LogP contribution in [0.5, 0.6) is 11.5 Å². The van der Waals surface area contributed by atoms with E-state index in [0.717, 1.165) is 35.7 Å². The van der Waals surface area contributed by atoms with Crippen LogP contribution in [0.15, 0.2) is 48.5 Å². The number of hydrogen-bond donors (Lipinski definition) is 1. The fraction of sp³-hybridized carbons (Fsp3) is 0.294. The van der Waals surface area contributed by atoms with Crippen LogP contribution in [0.25, 0.3) is 0 Å². The van der Waals surface area contributed by atoms with Crippen molar-refractivity contribution in [3.63, 3.8) is 0 Å².